The van der Waals surface area contributed by atoms with Crippen molar-refractivity contribution in [3.63, 3.8) is 0 Å². The Hall–Kier alpha value is -3.06. The minimum Gasteiger partial charge on any atom is -0.355 e. The van der Waals surface area contributed by atoms with Crippen LogP contribution in [0.3, 0.4) is 0 Å². The van der Waals surface area contributed by atoms with Gasteiger partial charge in [0, 0.05) is 35.9 Å². The van der Waals surface area contributed by atoms with Crippen LogP contribution in [0.15, 0.2) is 54.6 Å². The summed E-state index contributed by atoms with van der Waals surface area (Å²) in [5.41, 5.74) is 0.771. The van der Waals surface area contributed by atoms with E-state index in [4.69, 9.17) is 11.6 Å². The molecule has 3 amide bonds. The van der Waals surface area contributed by atoms with Crippen molar-refractivity contribution in [3.8, 4) is 0 Å². The molecule has 2 aromatic rings. The Morgan fingerprint density at radius 2 is 1.71 bits per heavy atom. The van der Waals surface area contributed by atoms with Crippen molar-refractivity contribution in [1.82, 2.24) is 15.1 Å². The summed E-state index contributed by atoms with van der Waals surface area (Å²) >= 11 is 5.96. The van der Waals surface area contributed by atoms with E-state index < -0.39 is 5.54 Å². The molecule has 2 aliphatic heterocycles. The highest BCUT2D eigenvalue weighted by Gasteiger charge is 2.54. The van der Waals surface area contributed by atoms with E-state index >= 15 is 0 Å². The van der Waals surface area contributed by atoms with Gasteiger partial charge in [-0.15, -0.1) is 0 Å². The average Bonchev–Trinajstić information content (AvgIpc) is 3.11. The summed E-state index contributed by atoms with van der Waals surface area (Å²) in [5.74, 6) is -0.238. The number of para-hydroxylation sites is 1. The number of amides is 3. The molecular weight excluding hydrogens is 452 g/mol. The molecule has 2 aromatic carbocycles. The molecule has 0 atom stereocenters. The van der Waals surface area contributed by atoms with E-state index in [-0.39, 0.29) is 24.3 Å². The van der Waals surface area contributed by atoms with Gasteiger partial charge in [-0.25, -0.2) is 0 Å². The minimum atomic E-state index is -0.762. The molecule has 1 spiro atoms. The smallest absolute Gasteiger partial charge is 0.253 e. The van der Waals surface area contributed by atoms with E-state index in [1.54, 1.807) is 34.1 Å². The quantitative estimate of drug-likeness (QED) is 0.613. The summed E-state index contributed by atoms with van der Waals surface area (Å²) in [6.45, 7) is 4.02. The summed E-state index contributed by atoms with van der Waals surface area (Å²) in [5, 5.41) is 3.49. The molecule has 34 heavy (non-hydrogen) atoms. The van der Waals surface area contributed by atoms with Gasteiger partial charge in [-0.05, 0) is 55.7 Å². The standard InChI is InChI=1S/C26H31ClN4O3/c1-2-3-15-28-23(32)18-30-19-31(22-7-5-4-6-8-22)26(25(30)34)13-16-29(17-14-26)24(33)20-9-11-21(27)12-10-20/h4-12H,2-3,13-19H2,1H3,(H,28,32). The maximum Gasteiger partial charge on any atom is 0.253 e. The van der Waals surface area contributed by atoms with Crippen molar-refractivity contribution in [2.24, 2.45) is 0 Å². The highest BCUT2D eigenvalue weighted by atomic mass is 35.5. The summed E-state index contributed by atoms with van der Waals surface area (Å²) in [6, 6.07) is 16.7. The van der Waals surface area contributed by atoms with Crippen LogP contribution < -0.4 is 10.2 Å². The van der Waals surface area contributed by atoms with Crippen LogP contribution in [-0.4, -0.2) is 65.9 Å². The Kier molecular flexibility index (Phi) is 7.41. The summed E-state index contributed by atoms with van der Waals surface area (Å²) in [6.07, 6.45) is 2.93. The number of hydrogen-bond acceptors (Lipinski definition) is 4. The number of unbranched alkanes of at least 4 members (excludes halogenated alkanes) is 1. The molecule has 2 saturated heterocycles. The van der Waals surface area contributed by atoms with Crippen molar-refractivity contribution < 1.29 is 14.4 Å². The highest BCUT2D eigenvalue weighted by molar-refractivity contribution is 6.30. The molecule has 0 radical (unpaired) electrons. The first-order valence-corrected chi connectivity index (χ1v) is 12.3. The van der Waals surface area contributed by atoms with Crippen LogP contribution in [0.25, 0.3) is 0 Å². The van der Waals surface area contributed by atoms with Gasteiger partial charge in [-0.1, -0.05) is 43.1 Å². The zero-order valence-corrected chi connectivity index (χ0v) is 20.3. The van der Waals surface area contributed by atoms with E-state index in [1.807, 2.05) is 30.3 Å². The molecule has 0 bridgehead atoms. The average molecular weight is 483 g/mol. The van der Waals surface area contributed by atoms with E-state index in [9.17, 15) is 14.4 Å². The number of nitrogens with one attached hydrogen (secondary N) is 1. The lowest BCUT2D eigenvalue weighted by atomic mass is 9.85. The Labute approximate surface area is 205 Å². The van der Waals surface area contributed by atoms with Gasteiger partial charge in [-0.3, -0.25) is 14.4 Å². The molecular formula is C26H31ClN4O3. The van der Waals surface area contributed by atoms with Crippen LogP contribution in [0.5, 0.6) is 0 Å². The predicted octanol–water partition coefficient (Wildman–Crippen LogP) is 3.54. The van der Waals surface area contributed by atoms with Gasteiger partial charge in [0.1, 0.15) is 12.1 Å². The first-order valence-electron chi connectivity index (χ1n) is 11.9. The van der Waals surface area contributed by atoms with Crippen molar-refractivity contribution in [2.45, 2.75) is 38.1 Å². The van der Waals surface area contributed by atoms with Crippen LogP contribution in [0.4, 0.5) is 5.69 Å². The zero-order valence-electron chi connectivity index (χ0n) is 19.5. The lowest BCUT2D eigenvalue weighted by molar-refractivity contribution is -0.137. The number of hydrogen-bond donors (Lipinski definition) is 1. The first kappa shape index (κ1) is 24.1. The number of benzene rings is 2. The van der Waals surface area contributed by atoms with E-state index in [0.717, 1.165) is 18.5 Å². The van der Waals surface area contributed by atoms with Gasteiger partial charge >= 0.3 is 0 Å². The second-order valence-corrected chi connectivity index (χ2v) is 9.38. The Morgan fingerprint density at radius 3 is 2.35 bits per heavy atom. The summed E-state index contributed by atoms with van der Waals surface area (Å²) < 4.78 is 0. The third-order valence-electron chi connectivity index (χ3n) is 6.74. The molecule has 2 fully saturated rings. The summed E-state index contributed by atoms with van der Waals surface area (Å²) in [7, 11) is 0. The largest absolute Gasteiger partial charge is 0.355 e. The number of piperidine rings is 1. The fraction of sp³-hybridized carbons (Fsp3) is 0.423. The third-order valence-corrected chi connectivity index (χ3v) is 6.99. The molecule has 0 aromatic heterocycles. The van der Waals surface area contributed by atoms with E-state index in [2.05, 4.69) is 17.1 Å². The number of carbonyl (C=O) groups excluding carboxylic acids is 3. The molecule has 0 saturated carbocycles. The monoisotopic (exact) mass is 482 g/mol. The van der Waals surface area contributed by atoms with Crippen LogP contribution >= 0.6 is 11.6 Å². The van der Waals surface area contributed by atoms with Crippen LogP contribution in [0, 0.1) is 0 Å². The molecule has 0 unspecified atom stereocenters. The van der Waals surface area contributed by atoms with E-state index in [0.29, 0.717) is 49.7 Å². The third kappa shape index (κ3) is 4.89. The molecule has 0 aliphatic carbocycles. The molecule has 4 rings (SSSR count). The van der Waals surface area contributed by atoms with Crippen molar-refractivity contribution in [2.75, 3.05) is 37.7 Å². The molecule has 2 heterocycles. The fourth-order valence-electron chi connectivity index (χ4n) is 4.81. The van der Waals surface area contributed by atoms with Crippen molar-refractivity contribution in [3.05, 3.63) is 65.2 Å². The molecule has 2 aliphatic rings. The predicted molar refractivity (Wildman–Crippen MR) is 133 cm³/mol. The fourth-order valence-corrected chi connectivity index (χ4v) is 4.94. The van der Waals surface area contributed by atoms with Crippen LogP contribution in [-0.2, 0) is 9.59 Å². The Morgan fingerprint density at radius 1 is 1.03 bits per heavy atom. The summed E-state index contributed by atoms with van der Waals surface area (Å²) in [4.78, 5) is 44.7. The topological polar surface area (TPSA) is 73.0 Å². The lowest BCUT2D eigenvalue weighted by Crippen LogP contribution is -2.57. The molecule has 8 heteroatoms. The maximum absolute atomic E-state index is 13.7. The van der Waals surface area contributed by atoms with Crippen LogP contribution in [0.1, 0.15) is 43.0 Å². The van der Waals surface area contributed by atoms with Gasteiger partial charge in [0.15, 0.2) is 0 Å². The molecule has 7 nitrogen and oxygen atoms in total. The van der Waals surface area contributed by atoms with E-state index in [1.165, 1.54) is 0 Å². The number of nitrogens with zero attached hydrogens (tertiary/aromatic N) is 3. The number of rotatable bonds is 7. The SMILES string of the molecule is CCCCNC(=O)CN1CN(c2ccccc2)C2(CCN(C(=O)c3ccc(Cl)cc3)CC2)C1=O. The maximum atomic E-state index is 13.7. The number of carbonyl (C=O) groups is 3. The number of likely N-dealkylation sites (tertiary alicyclic amines) is 1. The highest BCUT2D eigenvalue weighted by Crippen LogP contribution is 2.39. The molecule has 1 N–H and O–H groups in total. The number of halogens is 1. The second-order valence-electron chi connectivity index (χ2n) is 8.94. The minimum absolute atomic E-state index is 0.0411. The second kappa shape index (κ2) is 10.5. The van der Waals surface area contributed by atoms with Gasteiger partial charge < -0.3 is 20.0 Å². The Balaban J connectivity index is 1.51. The first-order chi connectivity index (χ1) is 16.4. The van der Waals surface area contributed by atoms with Gasteiger partial charge in [-0.2, -0.15) is 0 Å². The molecule has 180 valence electrons. The van der Waals surface area contributed by atoms with Gasteiger partial charge in [0.05, 0.1) is 6.67 Å². The number of anilines is 1. The zero-order chi connectivity index (χ0) is 24.1. The normalized spacial score (nSPS) is 17.4. The lowest BCUT2D eigenvalue weighted by Gasteiger charge is -2.43. The van der Waals surface area contributed by atoms with Crippen molar-refractivity contribution >= 4 is 35.0 Å². The van der Waals surface area contributed by atoms with Crippen LogP contribution in [0.2, 0.25) is 5.02 Å². The van der Waals surface area contributed by atoms with Crippen molar-refractivity contribution in [1.29, 1.82) is 0 Å². The van der Waals surface area contributed by atoms with Gasteiger partial charge in [0.2, 0.25) is 5.91 Å². The van der Waals surface area contributed by atoms with Gasteiger partial charge in [0.25, 0.3) is 11.8 Å². The Bertz CT molecular complexity index is 1020.